The lowest BCUT2D eigenvalue weighted by molar-refractivity contribution is 0.414. The van der Waals surface area contributed by atoms with Gasteiger partial charge in [-0.05, 0) is 48.4 Å². The number of benzene rings is 2. The zero-order valence-corrected chi connectivity index (χ0v) is 12.2. The number of methoxy groups -OCH3 is 1. The molecule has 0 amide bonds. The number of nitrogen functional groups attached to an aromatic ring is 1. The first-order chi connectivity index (χ1) is 9.63. The van der Waals surface area contributed by atoms with Crippen LogP contribution in [0.15, 0.2) is 42.5 Å². The first kappa shape index (κ1) is 14.7. The Balaban J connectivity index is 2.16. The molecule has 0 aromatic heterocycles. The van der Waals surface area contributed by atoms with Crippen LogP contribution in [0.3, 0.4) is 0 Å². The highest BCUT2D eigenvalue weighted by Crippen LogP contribution is 2.25. The van der Waals surface area contributed by atoms with Gasteiger partial charge in [0.2, 0.25) is 0 Å². The van der Waals surface area contributed by atoms with Gasteiger partial charge in [0, 0.05) is 5.92 Å². The SMILES string of the molecule is COc1ccc(C(CN)Cc2ccc(Cl)c(N)c2)cc1. The van der Waals surface area contributed by atoms with Crippen LogP contribution in [0.25, 0.3) is 0 Å². The van der Waals surface area contributed by atoms with E-state index in [1.807, 2.05) is 30.3 Å². The second kappa shape index (κ2) is 6.64. The highest BCUT2D eigenvalue weighted by Gasteiger charge is 2.11. The minimum absolute atomic E-state index is 0.251. The predicted molar refractivity (Wildman–Crippen MR) is 84.4 cm³/mol. The Labute approximate surface area is 124 Å². The average Bonchev–Trinajstić information content (AvgIpc) is 2.48. The third-order valence-corrected chi connectivity index (χ3v) is 3.76. The summed E-state index contributed by atoms with van der Waals surface area (Å²) in [5.41, 5.74) is 14.7. The maximum atomic E-state index is 5.94. The van der Waals surface area contributed by atoms with Crippen LogP contribution in [0, 0.1) is 0 Å². The topological polar surface area (TPSA) is 61.3 Å². The number of ether oxygens (including phenoxy) is 1. The Hall–Kier alpha value is -1.71. The number of hydrogen-bond donors (Lipinski definition) is 2. The zero-order chi connectivity index (χ0) is 14.5. The molecule has 4 N–H and O–H groups in total. The second-order valence-corrected chi connectivity index (χ2v) is 5.17. The molecule has 4 heteroatoms. The molecular formula is C16H19ClN2O. The summed E-state index contributed by atoms with van der Waals surface area (Å²) in [6.45, 7) is 0.578. The van der Waals surface area contributed by atoms with Crippen molar-refractivity contribution in [2.24, 2.45) is 5.73 Å². The summed E-state index contributed by atoms with van der Waals surface area (Å²) in [5.74, 6) is 1.10. The Morgan fingerprint density at radius 2 is 1.85 bits per heavy atom. The molecular weight excluding hydrogens is 272 g/mol. The highest BCUT2D eigenvalue weighted by atomic mass is 35.5. The molecule has 0 aliphatic heterocycles. The number of halogens is 1. The number of hydrogen-bond acceptors (Lipinski definition) is 3. The van der Waals surface area contributed by atoms with Gasteiger partial charge in [0.25, 0.3) is 0 Å². The number of rotatable bonds is 5. The monoisotopic (exact) mass is 290 g/mol. The predicted octanol–water partition coefficient (Wildman–Crippen LogP) is 3.22. The molecule has 0 aliphatic carbocycles. The van der Waals surface area contributed by atoms with E-state index in [4.69, 9.17) is 27.8 Å². The lowest BCUT2D eigenvalue weighted by atomic mass is 9.92. The fourth-order valence-corrected chi connectivity index (χ4v) is 2.34. The fraction of sp³-hybridized carbons (Fsp3) is 0.250. The lowest BCUT2D eigenvalue weighted by Crippen LogP contribution is -2.15. The van der Waals surface area contributed by atoms with Gasteiger partial charge in [-0.3, -0.25) is 0 Å². The van der Waals surface area contributed by atoms with Crippen LogP contribution >= 0.6 is 11.6 Å². The quantitative estimate of drug-likeness (QED) is 0.831. The van der Waals surface area contributed by atoms with Crippen LogP contribution in [0.1, 0.15) is 17.0 Å². The van der Waals surface area contributed by atoms with Crippen LogP contribution in [0.5, 0.6) is 5.75 Å². The van der Waals surface area contributed by atoms with Crippen LogP contribution in [0.2, 0.25) is 5.02 Å². The summed E-state index contributed by atoms with van der Waals surface area (Å²) in [4.78, 5) is 0. The summed E-state index contributed by atoms with van der Waals surface area (Å²) in [5, 5.41) is 0.586. The largest absolute Gasteiger partial charge is 0.497 e. The maximum Gasteiger partial charge on any atom is 0.118 e. The summed E-state index contributed by atoms with van der Waals surface area (Å²) in [6, 6.07) is 13.7. The van der Waals surface area contributed by atoms with Gasteiger partial charge in [0.05, 0.1) is 17.8 Å². The number of nitrogens with two attached hydrogens (primary N) is 2. The van der Waals surface area contributed by atoms with Crippen molar-refractivity contribution in [1.29, 1.82) is 0 Å². The van der Waals surface area contributed by atoms with Gasteiger partial charge >= 0.3 is 0 Å². The van der Waals surface area contributed by atoms with Crippen LogP contribution in [-0.4, -0.2) is 13.7 Å². The van der Waals surface area contributed by atoms with Crippen molar-refractivity contribution < 1.29 is 4.74 Å². The third kappa shape index (κ3) is 3.44. The van der Waals surface area contributed by atoms with Gasteiger partial charge < -0.3 is 16.2 Å². The van der Waals surface area contributed by atoms with Crippen molar-refractivity contribution >= 4 is 17.3 Å². The van der Waals surface area contributed by atoms with Crippen molar-refractivity contribution in [3.63, 3.8) is 0 Å². The van der Waals surface area contributed by atoms with E-state index in [1.165, 1.54) is 5.56 Å². The molecule has 0 saturated carbocycles. The zero-order valence-electron chi connectivity index (χ0n) is 11.5. The molecule has 1 atom stereocenters. The molecule has 0 bridgehead atoms. The van der Waals surface area contributed by atoms with E-state index in [2.05, 4.69) is 12.1 Å². The molecule has 2 rings (SSSR count). The van der Waals surface area contributed by atoms with Crippen LogP contribution in [0.4, 0.5) is 5.69 Å². The maximum absolute atomic E-state index is 5.94. The molecule has 3 nitrogen and oxygen atoms in total. The van der Waals surface area contributed by atoms with E-state index in [9.17, 15) is 0 Å². The Morgan fingerprint density at radius 1 is 1.15 bits per heavy atom. The molecule has 0 aliphatic rings. The molecule has 0 radical (unpaired) electrons. The van der Waals surface area contributed by atoms with Gasteiger partial charge in [-0.25, -0.2) is 0 Å². The van der Waals surface area contributed by atoms with Crippen LogP contribution in [-0.2, 0) is 6.42 Å². The van der Waals surface area contributed by atoms with Crippen LogP contribution < -0.4 is 16.2 Å². The Bertz CT molecular complexity index is 569. The summed E-state index contributed by atoms with van der Waals surface area (Å²) in [6.07, 6.45) is 0.837. The Kier molecular flexibility index (Phi) is 4.88. The second-order valence-electron chi connectivity index (χ2n) is 4.77. The van der Waals surface area contributed by atoms with E-state index in [0.29, 0.717) is 17.3 Å². The van der Waals surface area contributed by atoms with Gasteiger partial charge in [-0.15, -0.1) is 0 Å². The molecule has 0 saturated heterocycles. The van der Waals surface area contributed by atoms with Crippen molar-refractivity contribution in [1.82, 2.24) is 0 Å². The van der Waals surface area contributed by atoms with Gasteiger partial charge in [0.1, 0.15) is 5.75 Å². The van der Waals surface area contributed by atoms with Gasteiger partial charge in [-0.2, -0.15) is 0 Å². The van der Waals surface area contributed by atoms with E-state index in [1.54, 1.807) is 7.11 Å². The molecule has 2 aromatic rings. The normalized spacial score (nSPS) is 12.2. The lowest BCUT2D eigenvalue weighted by Gasteiger charge is -2.16. The van der Waals surface area contributed by atoms with Crippen molar-refractivity contribution in [3.8, 4) is 5.75 Å². The van der Waals surface area contributed by atoms with E-state index < -0.39 is 0 Å². The molecule has 0 spiro atoms. The average molecular weight is 291 g/mol. The van der Waals surface area contributed by atoms with Crippen molar-refractivity contribution in [2.75, 3.05) is 19.4 Å². The van der Waals surface area contributed by atoms with E-state index in [-0.39, 0.29) is 5.92 Å². The number of anilines is 1. The van der Waals surface area contributed by atoms with E-state index >= 15 is 0 Å². The van der Waals surface area contributed by atoms with E-state index in [0.717, 1.165) is 17.7 Å². The summed E-state index contributed by atoms with van der Waals surface area (Å²) in [7, 11) is 1.66. The first-order valence-corrected chi connectivity index (χ1v) is 6.89. The molecule has 106 valence electrons. The highest BCUT2D eigenvalue weighted by molar-refractivity contribution is 6.33. The smallest absolute Gasteiger partial charge is 0.118 e. The summed E-state index contributed by atoms with van der Waals surface area (Å²) < 4.78 is 5.17. The van der Waals surface area contributed by atoms with Gasteiger partial charge in [-0.1, -0.05) is 29.8 Å². The molecule has 2 aromatic carbocycles. The Morgan fingerprint density at radius 3 is 2.40 bits per heavy atom. The molecule has 20 heavy (non-hydrogen) atoms. The fourth-order valence-electron chi connectivity index (χ4n) is 2.22. The first-order valence-electron chi connectivity index (χ1n) is 6.52. The minimum atomic E-state index is 0.251. The molecule has 0 heterocycles. The minimum Gasteiger partial charge on any atom is -0.497 e. The standard InChI is InChI=1S/C16H19ClN2O/c1-20-14-5-3-12(4-6-14)13(10-18)8-11-2-7-15(17)16(19)9-11/h2-7,9,13H,8,10,18-19H2,1H3. The molecule has 0 fully saturated rings. The van der Waals surface area contributed by atoms with Crippen molar-refractivity contribution in [3.05, 3.63) is 58.6 Å². The van der Waals surface area contributed by atoms with Crippen molar-refractivity contribution in [2.45, 2.75) is 12.3 Å². The summed E-state index contributed by atoms with van der Waals surface area (Å²) >= 11 is 5.94. The van der Waals surface area contributed by atoms with Gasteiger partial charge in [0.15, 0.2) is 0 Å². The molecule has 1 unspecified atom stereocenters. The third-order valence-electron chi connectivity index (χ3n) is 3.41.